The molecule has 2 heterocycles. The van der Waals surface area contributed by atoms with E-state index in [0.717, 1.165) is 37.1 Å². The number of likely N-dealkylation sites (N-methyl/N-ethyl adjacent to an activating group) is 1. The summed E-state index contributed by atoms with van der Waals surface area (Å²) in [6.45, 7) is 7.13. The van der Waals surface area contributed by atoms with Crippen molar-refractivity contribution in [1.82, 2.24) is 9.21 Å². The summed E-state index contributed by atoms with van der Waals surface area (Å²) in [5.74, 6) is 0.925. The zero-order valence-electron chi connectivity index (χ0n) is 18.0. The maximum atomic E-state index is 13.3. The maximum absolute atomic E-state index is 13.3. The highest BCUT2D eigenvalue weighted by Gasteiger charge is 2.38. The van der Waals surface area contributed by atoms with Crippen molar-refractivity contribution in [2.24, 2.45) is 11.8 Å². The van der Waals surface area contributed by atoms with Gasteiger partial charge in [0.05, 0.1) is 6.61 Å². The van der Waals surface area contributed by atoms with E-state index in [9.17, 15) is 13.5 Å². The number of hydrogen-bond donors (Lipinski definition) is 1. The predicted octanol–water partition coefficient (Wildman–Crippen LogP) is 2.58. The highest BCUT2D eigenvalue weighted by molar-refractivity contribution is 9.10. The van der Waals surface area contributed by atoms with Crippen LogP contribution in [0.2, 0.25) is 0 Å². The van der Waals surface area contributed by atoms with Gasteiger partial charge in [0.1, 0.15) is 16.7 Å². The molecule has 0 amide bonds. The van der Waals surface area contributed by atoms with E-state index in [2.05, 4.69) is 27.9 Å². The Morgan fingerprint density at radius 2 is 2.00 bits per heavy atom. The Bertz CT molecular complexity index is 816. The van der Waals surface area contributed by atoms with Crippen LogP contribution >= 0.6 is 15.9 Å². The van der Waals surface area contributed by atoms with Crippen molar-refractivity contribution in [2.75, 3.05) is 46.5 Å². The lowest BCUT2D eigenvalue weighted by molar-refractivity contribution is 0.0402. The van der Waals surface area contributed by atoms with Crippen LogP contribution in [0, 0.1) is 11.8 Å². The van der Waals surface area contributed by atoms with Crippen molar-refractivity contribution in [3.05, 3.63) is 22.7 Å². The predicted molar refractivity (Wildman–Crippen MR) is 119 cm³/mol. The zero-order valence-corrected chi connectivity index (χ0v) is 20.4. The van der Waals surface area contributed by atoms with E-state index < -0.39 is 16.1 Å². The summed E-state index contributed by atoms with van der Waals surface area (Å²) >= 11 is 3.43. The molecular formula is C21H33BrN2O5S. The lowest BCUT2D eigenvalue weighted by atomic mass is 9.98. The fraction of sp³-hybridized carbons (Fsp3) is 0.714. The van der Waals surface area contributed by atoms with E-state index in [-0.39, 0.29) is 23.5 Å². The third-order valence-corrected chi connectivity index (χ3v) is 8.54. The van der Waals surface area contributed by atoms with Crippen molar-refractivity contribution in [2.45, 2.75) is 43.7 Å². The Balaban J connectivity index is 1.86. The number of sulfonamides is 1. The number of aliphatic hydroxyl groups excluding tert-OH is 1. The second-order valence-electron chi connectivity index (χ2n) is 8.61. The van der Waals surface area contributed by atoms with Gasteiger partial charge in [-0.3, -0.25) is 0 Å². The first kappa shape index (κ1) is 23.9. The van der Waals surface area contributed by atoms with Crippen LogP contribution in [-0.4, -0.2) is 81.4 Å². The molecule has 1 fully saturated rings. The molecule has 7 nitrogen and oxygen atoms in total. The van der Waals surface area contributed by atoms with Crippen LogP contribution in [0.25, 0.3) is 0 Å². The minimum Gasteiger partial charge on any atom is -0.487 e. The average molecular weight is 505 g/mol. The van der Waals surface area contributed by atoms with E-state index in [1.165, 1.54) is 4.31 Å². The van der Waals surface area contributed by atoms with Crippen LogP contribution in [0.4, 0.5) is 0 Å². The second-order valence-corrected chi connectivity index (χ2v) is 11.4. The number of hydrogen-bond acceptors (Lipinski definition) is 6. The molecule has 1 N–H and O–H groups in total. The van der Waals surface area contributed by atoms with Gasteiger partial charge in [0.2, 0.25) is 10.0 Å². The van der Waals surface area contributed by atoms with Crippen LogP contribution in [0.5, 0.6) is 5.75 Å². The summed E-state index contributed by atoms with van der Waals surface area (Å²) in [4.78, 5) is 2.43. The molecule has 0 radical (unpaired) electrons. The molecule has 3 atom stereocenters. The van der Waals surface area contributed by atoms with Crippen LogP contribution < -0.4 is 4.74 Å². The summed E-state index contributed by atoms with van der Waals surface area (Å²) in [5, 5.41) is 9.69. The highest BCUT2D eigenvalue weighted by Crippen LogP contribution is 2.35. The third kappa shape index (κ3) is 5.55. The molecule has 3 rings (SSSR count). The standard InChI is InChI=1S/C21H33BrN2O5S/c1-15-11-24(16(2)14-25)30(26,27)21-5-4-18(22)10-19(21)29-20(15)13-23(3)12-17-6-8-28-9-7-17/h4-5,10,15-17,20,25H,6-9,11-14H2,1-3H3/t15-,16+,20-/m0/s1. The number of benzene rings is 1. The molecule has 0 bridgehead atoms. The van der Waals surface area contributed by atoms with Crippen molar-refractivity contribution in [1.29, 1.82) is 0 Å². The zero-order chi connectivity index (χ0) is 21.9. The number of aliphatic hydroxyl groups is 1. The van der Waals surface area contributed by atoms with Crippen LogP contribution in [0.1, 0.15) is 26.7 Å². The van der Waals surface area contributed by atoms with Gasteiger partial charge in [-0.1, -0.05) is 22.9 Å². The van der Waals surface area contributed by atoms with Gasteiger partial charge in [0.25, 0.3) is 0 Å². The third-order valence-electron chi connectivity index (χ3n) is 6.03. The molecule has 0 aromatic heterocycles. The van der Waals surface area contributed by atoms with Gasteiger partial charge >= 0.3 is 0 Å². The average Bonchev–Trinajstić information content (AvgIpc) is 2.70. The van der Waals surface area contributed by atoms with Gasteiger partial charge in [-0.05, 0) is 50.9 Å². The number of fused-ring (bicyclic) bond motifs is 1. The molecule has 0 saturated carbocycles. The number of nitrogens with zero attached hydrogens (tertiary/aromatic N) is 2. The molecule has 0 aliphatic carbocycles. The van der Waals surface area contributed by atoms with Crippen LogP contribution in [-0.2, 0) is 14.8 Å². The lowest BCUT2D eigenvalue weighted by Crippen LogP contribution is -2.50. The van der Waals surface area contributed by atoms with Gasteiger partial charge in [-0.15, -0.1) is 0 Å². The highest BCUT2D eigenvalue weighted by atomic mass is 79.9. The Morgan fingerprint density at radius 1 is 1.30 bits per heavy atom. The summed E-state index contributed by atoms with van der Waals surface area (Å²) in [6.07, 6.45) is 1.97. The molecule has 0 spiro atoms. The molecule has 1 aromatic rings. The van der Waals surface area contributed by atoms with E-state index >= 15 is 0 Å². The SMILES string of the molecule is C[C@H](CO)N1C[C@H](C)[C@H](CN(C)CC2CCOCC2)Oc2cc(Br)ccc2S1(=O)=O. The summed E-state index contributed by atoms with van der Waals surface area (Å²) in [7, 11) is -1.68. The smallest absolute Gasteiger partial charge is 0.247 e. The summed E-state index contributed by atoms with van der Waals surface area (Å²) < 4.78 is 40.6. The summed E-state index contributed by atoms with van der Waals surface area (Å²) in [6, 6.07) is 4.49. The molecule has 1 saturated heterocycles. The molecule has 2 aliphatic heterocycles. The first-order valence-corrected chi connectivity index (χ1v) is 12.8. The molecule has 30 heavy (non-hydrogen) atoms. The number of halogens is 1. The maximum Gasteiger partial charge on any atom is 0.247 e. The first-order chi connectivity index (χ1) is 14.2. The largest absolute Gasteiger partial charge is 0.487 e. The topological polar surface area (TPSA) is 79.3 Å². The van der Waals surface area contributed by atoms with Crippen molar-refractivity contribution < 1.29 is 23.0 Å². The fourth-order valence-electron chi connectivity index (χ4n) is 4.17. The van der Waals surface area contributed by atoms with Crippen molar-refractivity contribution >= 4 is 26.0 Å². The second kappa shape index (κ2) is 10.3. The number of ether oxygens (including phenoxy) is 2. The molecule has 1 aromatic carbocycles. The summed E-state index contributed by atoms with van der Waals surface area (Å²) in [5.41, 5.74) is 0. The van der Waals surface area contributed by atoms with Crippen LogP contribution in [0.3, 0.4) is 0 Å². The Labute approximate surface area is 188 Å². The normalized spacial score (nSPS) is 26.5. The van der Waals surface area contributed by atoms with Gasteiger partial charge in [-0.25, -0.2) is 8.42 Å². The molecule has 0 unspecified atom stereocenters. The molecular weight excluding hydrogens is 472 g/mol. The minimum absolute atomic E-state index is 0.0435. The monoisotopic (exact) mass is 504 g/mol. The Hall–Kier alpha value is -0.710. The van der Waals surface area contributed by atoms with E-state index in [4.69, 9.17) is 9.47 Å². The van der Waals surface area contributed by atoms with Crippen molar-refractivity contribution in [3.8, 4) is 5.75 Å². The van der Waals surface area contributed by atoms with Crippen LogP contribution in [0.15, 0.2) is 27.6 Å². The van der Waals surface area contributed by atoms with Gasteiger partial charge in [0, 0.05) is 49.3 Å². The molecule has 9 heteroatoms. The fourth-order valence-corrected chi connectivity index (χ4v) is 6.33. The first-order valence-electron chi connectivity index (χ1n) is 10.6. The van der Waals surface area contributed by atoms with Gasteiger partial charge in [0.15, 0.2) is 0 Å². The molecule has 170 valence electrons. The van der Waals surface area contributed by atoms with Gasteiger partial charge < -0.3 is 19.5 Å². The Kier molecular flexibility index (Phi) is 8.20. The van der Waals surface area contributed by atoms with Crippen molar-refractivity contribution in [3.63, 3.8) is 0 Å². The van der Waals surface area contributed by atoms with E-state index in [1.807, 2.05) is 6.92 Å². The van der Waals surface area contributed by atoms with E-state index in [0.29, 0.717) is 24.8 Å². The molecule has 2 aliphatic rings. The Morgan fingerprint density at radius 3 is 2.67 bits per heavy atom. The lowest BCUT2D eigenvalue weighted by Gasteiger charge is -2.38. The van der Waals surface area contributed by atoms with E-state index in [1.54, 1.807) is 25.1 Å². The minimum atomic E-state index is -3.78. The quantitative estimate of drug-likeness (QED) is 0.641. The van der Waals surface area contributed by atoms with Gasteiger partial charge in [-0.2, -0.15) is 4.31 Å². The number of rotatable bonds is 6.